The minimum Gasteiger partial charge on any atom is -0.298 e. The maximum absolute atomic E-state index is 12.4. The molecule has 0 spiro atoms. The van der Waals surface area contributed by atoms with E-state index in [0.717, 1.165) is 11.1 Å². The molecule has 0 radical (unpaired) electrons. The van der Waals surface area contributed by atoms with E-state index in [1.165, 1.54) is 11.1 Å². The lowest BCUT2D eigenvalue weighted by Gasteiger charge is -2.19. The number of rotatable bonds is 2. The van der Waals surface area contributed by atoms with Crippen molar-refractivity contribution in [1.82, 2.24) is 0 Å². The van der Waals surface area contributed by atoms with Crippen LogP contribution in [0.4, 0.5) is 0 Å². The Morgan fingerprint density at radius 1 is 0.583 bits per heavy atom. The van der Waals surface area contributed by atoms with Gasteiger partial charge >= 0.3 is 0 Å². The summed E-state index contributed by atoms with van der Waals surface area (Å²) >= 11 is 0. The van der Waals surface area contributed by atoms with Crippen molar-refractivity contribution in [2.45, 2.75) is 64.2 Å². The van der Waals surface area contributed by atoms with E-state index in [9.17, 15) is 4.79 Å². The van der Waals surface area contributed by atoms with Gasteiger partial charge in [0.25, 0.3) is 0 Å². The summed E-state index contributed by atoms with van der Waals surface area (Å²) in [5, 5.41) is 0. The first-order chi connectivity index (χ1) is 11.1. The average molecular weight is 320 g/mol. The maximum atomic E-state index is 12.4. The van der Waals surface area contributed by atoms with Crippen molar-refractivity contribution in [2.24, 2.45) is 0 Å². The van der Waals surface area contributed by atoms with Gasteiger partial charge in [0.2, 0.25) is 0 Å². The van der Waals surface area contributed by atoms with Crippen LogP contribution in [0.5, 0.6) is 0 Å². The molecule has 1 aliphatic rings. The van der Waals surface area contributed by atoms with Crippen molar-refractivity contribution in [3.8, 4) is 0 Å². The molecule has 1 saturated carbocycles. The van der Waals surface area contributed by atoms with Gasteiger partial charge in [0.15, 0.2) is 0 Å². The minimum absolute atomic E-state index is 0.0412. The van der Waals surface area contributed by atoms with E-state index in [1.54, 1.807) is 0 Å². The van der Waals surface area contributed by atoms with E-state index in [0.29, 0.717) is 5.78 Å². The van der Waals surface area contributed by atoms with Crippen LogP contribution in [-0.2, 0) is 15.6 Å². The lowest BCUT2D eigenvalue weighted by atomic mass is 9.86. The molecule has 2 aromatic carbocycles. The monoisotopic (exact) mass is 320 g/mol. The third kappa shape index (κ3) is 3.17. The summed E-state index contributed by atoms with van der Waals surface area (Å²) in [6.45, 7) is 13.3. The van der Waals surface area contributed by atoms with E-state index in [2.05, 4.69) is 90.1 Å². The molecule has 1 heteroatoms. The number of Topliss-reactive ketones (excluding diaryl/α,β-unsaturated/α-hetero) is 1. The van der Waals surface area contributed by atoms with Gasteiger partial charge in [-0.05, 0) is 33.1 Å². The first-order valence-corrected chi connectivity index (χ1v) is 8.83. The molecular weight excluding hydrogens is 292 g/mol. The Morgan fingerprint density at radius 3 is 1.12 bits per heavy atom. The van der Waals surface area contributed by atoms with Gasteiger partial charge in [-0.25, -0.2) is 0 Å². The van der Waals surface area contributed by atoms with Crippen LogP contribution in [0.3, 0.4) is 0 Å². The summed E-state index contributed by atoms with van der Waals surface area (Å²) in [7, 11) is 0. The summed E-state index contributed by atoms with van der Waals surface area (Å²) in [5.74, 6) is 0.432. The number of benzene rings is 2. The van der Waals surface area contributed by atoms with Crippen LogP contribution < -0.4 is 0 Å². The van der Waals surface area contributed by atoms with Gasteiger partial charge in [0.05, 0.1) is 11.8 Å². The third-order valence-electron chi connectivity index (χ3n) is 5.11. The molecule has 3 rings (SSSR count). The zero-order valence-electron chi connectivity index (χ0n) is 15.7. The Bertz CT molecular complexity index is 671. The molecule has 126 valence electrons. The van der Waals surface area contributed by atoms with Crippen molar-refractivity contribution in [1.29, 1.82) is 0 Å². The molecule has 0 saturated heterocycles. The summed E-state index contributed by atoms with van der Waals surface area (Å²) in [6, 6.07) is 17.2. The van der Waals surface area contributed by atoms with Crippen LogP contribution in [0.15, 0.2) is 48.5 Å². The highest BCUT2D eigenvalue weighted by atomic mass is 16.1. The molecule has 0 heterocycles. The van der Waals surface area contributed by atoms with Crippen LogP contribution in [0.1, 0.15) is 75.6 Å². The summed E-state index contributed by atoms with van der Waals surface area (Å²) in [6.07, 6.45) is 0. The highest BCUT2D eigenvalue weighted by Gasteiger charge is 2.50. The normalized spacial score (nSPS) is 21.0. The van der Waals surface area contributed by atoms with Gasteiger partial charge in [0, 0.05) is 0 Å². The van der Waals surface area contributed by atoms with E-state index < -0.39 is 0 Å². The van der Waals surface area contributed by atoms with E-state index in [-0.39, 0.29) is 22.7 Å². The Labute approximate surface area is 146 Å². The first kappa shape index (κ1) is 17.0. The van der Waals surface area contributed by atoms with Gasteiger partial charge in [-0.2, -0.15) is 0 Å². The van der Waals surface area contributed by atoms with E-state index in [4.69, 9.17) is 0 Å². The van der Waals surface area contributed by atoms with Crippen LogP contribution in [-0.4, -0.2) is 5.78 Å². The van der Waals surface area contributed by atoms with Crippen LogP contribution in [0.2, 0.25) is 0 Å². The highest BCUT2D eigenvalue weighted by molar-refractivity contribution is 6.09. The Hall–Kier alpha value is -1.89. The third-order valence-corrected chi connectivity index (χ3v) is 5.11. The predicted molar refractivity (Wildman–Crippen MR) is 101 cm³/mol. The van der Waals surface area contributed by atoms with E-state index >= 15 is 0 Å². The molecule has 24 heavy (non-hydrogen) atoms. The quantitative estimate of drug-likeness (QED) is 0.690. The molecule has 2 unspecified atom stereocenters. The average Bonchev–Trinajstić information content (AvgIpc) is 3.17. The fourth-order valence-electron chi connectivity index (χ4n) is 3.33. The smallest absolute Gasteiger partial charge is 0.149 e. The summed E-state index contributed by atoms with van der Waals surface area (Å²) < 4.78 is 0. The highest BCUT2D eigenvalue weighted by Crippen LogP contribution is 2.50. The van der Waals surface area contributed by atoms with Gasteiger partial charge in [-0.1, -0.05) is 90.1 Å². The molecule has 2 atom stereocenters. The molecule has 1 aliphatic carbocycles. The Balaban J connectivity index is 1.80. The number of hydrogen-bond acceptors (Lipinski definition) is 1. The lowest BCUT2D eigenvalue weighted by molar-refractivity contribution is -0.110. The largest absolute Gasteiger partial charge is 0.298 e. The van der Waals surface area contributed by atoms with Crippen molar-refractivity contribution in [3.63, 3.8) is 0 Å². The predicted octanol–water partition coefficient (Wildman–Crippen LogP) is 5.73. The molecule has 0 aliphatic heterocycles. The van der Waals surface area contributed by atoms with Crippen molar-refractivity contribution >= 4 is 5.78 Å². The molecule has 0 bridgehead atoms. The standard InChI is InChI=1S/C23H28O/c1-22(2,3)17-11-7-15(8-12-17)19-20(21(19)24)16-9-13-18(14-10-16)23(4,5)6/h7-14,19-20H,1-6H3. The van der Waals surface area contributed by atoms with E-state index in [1.807, 2.05) is 0 Å². The minimum atomic E-state index is 0.0412. The fourth-order valence-corrected chi connectivity index (χ4v) is 3.33. The number of hydrogen-bond donors (Lipinski definition) is 0. The molecule has 0 N–H and O–H groups in total. The molecule has 0 aromatic heterocycles. The van der Waals surface area contributed by atoms with Gasteiger partial charge in [-0.3, -0.25) is 4.79 Å². The maximum Gasteiger partial charge on any atom is 0.149 e. The number of carbonyl (C=O) groups excluding carboxylic acids is 1. The lowest BCUT2D eigenvalue weighted by Crippen LogP contribution is -2.10. The second-order valence-electron chi connectivity index (χ2n) is 9.10. The summed E-state index contributed by atoms with van der Waals surface area (Å²) in [5.41, 5.74) is 5.22. The van der Waals surface area contributed by atoms with Crippen LogP contribution >= 0.6 is 0 Å². The molecule has 1 fully saturated rings. The second kappa shape index (κ2) is 5.58. The SMILES string of the molecule is CC(C)(C)c1ccc(C2C(=O)C2c2ccc(C(C)(C)C)cc2)cc1. The van der Waals surface area contributed by atoms with Gasteiger partial charge < -0.3 is 0 Å². The zero-order chi connectivity index (χ0) is 17.7. The Morgan fingerprint density at radius 2 is 0.875 bits per heavy atom. The molecule has 0 amide bonds. The van der Waals surface area contributed by atoms with Crippen molar-refractivity contribution in [3.05, 3.63) is 70.8 Å². The van der Waals surface area contributed by atoms with Crippen molar-refractivity contribution < 1.29 is 4.79 Å². The molecule has 1 nitrogen and oxygen atoms in total. The zero-order valence-corrected chi connectivity index (χ0v) is 15.7. The summed E-state index contributed by atoms with van der Waals surface area (Å²) in [4.78, 5) is 12.4. The van der Waals surface area contributed by atoms with Crippen molar-refractivity contribution in [2.75, 3.05) is 0 Å². The molecule has 2 aromatic rings. The van der Waals surface area contributed by atoms with Crippen LogP contribution in [0.25, 0.3) is 0 Å². The van der Waals surface area contributed by atoms with Crippen LogP contribution in [0, 0.1) is 0 Å². The molecular formula is C23H28O. The first-order valence-electron chi connectivity index (χ1n) is 8.83. The second-order valence-corrected chi connectivity index (χ2v) is 9.10. The topological polar surface area (TPSA) is 17.1 Å². The van der Waals surface area contributed by atoms with Gasteiger partial charge in [0.1, 0.15) is 5.78 Å². The number of carbonyl (C=O) groups is 1. The number of ketones is 1. The van der Waals surface area contributed by atoms with Gasteiger partial charge in [-0.15, -0.1) is 0 Å². The fraction of sp³-hybridized carbons (Fsp3) is 0.435. The Kier molecular flexibility index (Phi) is 3.94.